The summed E-state index contributed by atoms with van der Waals surface area (Å²) < 4.78 is 5.69. The molecule has 0 spiro atoms. The molecule has 1 unspecified atom stereocenters. The fourth-order valence-electron chi connectivity index (χ4n) is 2.83. The summed E-state index contributed by atoms with van der Waals surface area (Å²) in [5, 5.41) is 11.4. The lowest BCUT2D eigenvalue weighted by Gasteiger charge is -2.19. The van der Waals surface area contributed by atoms with Gasteiger partial charge < -0.3 is 9.84 Å². The van der Waals surface area contributed by atoms with Gasteiger partial charge in [0.2, 0.25) is 0 Å². The first-order valence-electron chi connectivity index (χ1n) is 7.10. The number of fused-ring (bicyclic) bond motifs is 1. The fourth-order valence-corrected chi connectivity index (χ4v) is 3.06. The highest BCUT2D eigenvalue weighted by atomic mass is 35.5. The van der Waals surface area contributed by atoms with Crippen molar-refractivity contribution in [2.45, 2.75) is 32.3 Å². The molecule has 1 aliphatic rings. The van der Waals surface area contributed by atoms with E-state index in [1.54, 1.807) is 0 Å². The number of rotatable bonds is 2. The lowest BCUT2D eigenvalue weighted by Crippen LogP contribution is -2.18. The van der Waals surface area contributed by atoms with Crippen molar-refractivity contribution in [3.05, 3.63) is 63.7 Å². The highest BCUT2D eigenvalue weighted by Crippen LogP contribution is 2.40. The number of aliphatic hydroxyl groups is 1. The van der Waals surface area contributed by atoms with Crippen molar-refractivity contribution in [3.8, 4) is 5.75 Å². The molecule has 0 saturated carbocycles. The smallest absolute Gasteiger partial charge is 0.123 e. The second kappa shape index (κ2) is 5.04. The first-order chi connectivity index (χ1) is 9.88. The van der Waals surface area contributed by atoms with E-state index in [0.717, 1.165) is 28.0 Å². The van der Waals surface area contributed by atoms with Crippen molar-refractivity contribution < 1.29 is 9.84 Å². The van der Waals surface area contributed by atoms with Crippen LogP contribution in [-0.2, 0) is 5.41 Å². The van der Waals surface area contributed by atoms with E-state index in [2.05, 4.69) is 19.9 Å². The third-order valence-corrected chi connectivity index (χ3v) is 4.40. The molecule has 21 heavy (non-hydrogen) atoms. The van der Waals surface area contributed by atoms with Gasteiger partial charge in [0, 0.05) is 16.0 Å². The van der Waals surface area contributed by atoms with Crippen LogP contribution in [0.25, 0.3) is 0 Å². The maximum Gasteiger partial charge on any atom is 0.123 e. The third kappa shape index (κ3) is 2.54. The molecule has 2 nitrogen and oxygen atoms in total. The molecule has 0 bridgehead atoms. The number of aryl methyl sites for hydroxylation is 1. The second-order valence-electron chi connectivity index (χ2n) is 6.33. The Morgan fingerprint density at radius 2 is 1.95 bits per heavy atom. The molecule has 2 aromatic rings. The summed E-state index contributed by atoms with van der Waals surface area (Å²) in [6.45, 7) is 6.96. The van der Waals surface area contributed by atoms with Crippen LogP contribution in [0.5, 0.6) is 5.75 Å². The van der Waals surface area contributed by atoms with E-state index in [1.807, 2.05) is 37.3 Å². The molecule has 0 amide bonds. The molecule has 110 valence electrons. The maximum absolute atomic E-state index is 10.7. The van der Waals surface area contributed by atoms with Crippen molar-refractivity contribution in [3.63, 3.8) is 0 Å². The highest BCUT2D eigenvalue weighted by Gasteiger charge is 2.32. The molecule has 0 saturated heterocycles. The summed E-state index contributed by atoms with van der Waals surface area (Å²) in [6, 6.07) is 11.5. The molecule has 3 rings (SSSR count). The van der Waals surface area contributed by atoms with E-state index in [1.165, 1.54) is 0 Å². The van der Waals surface area contributed by atoms with Crippen LogP contribution in [0.2, 0.25) is 5.02 Å². The number of hydrogen-bond donors (Lipinski definition) is 1. The van der Waals surface area contributed by atoms with Crippen LogP contribution in [0, 0.1) is 6.92 Å². The predicted octanol–water partition coefficient (Wildman–Crippen LogP) is 4.40. The van der Waals surface area contributed by atoms with E-state index < -0.39 is 6.10 Å². The van der Waals surface area contributed by atoms with Gasteiger partial charge in [0.15, 0.2) is 0 Å². The first kappa shape index (κ1) is 14.4. The summed E-state index contributed by atoms with van der Waals surface area (Å²) in [6.07, 6.45) is -0.649. The highest BCUT2D eigenvalue weighted by molar-refractivity contribution is 6.30. The van der Waals surface area contributed by atoms with Crippen molar-refractivity contribution in [2.24, 2.45) is 0 Å². The largest absolute Gasteiger partial charge is 0.492 e. The van der Waals surface area contributed by atoms with Crippen molar-refractivity contribution in [1.82, 2.24) is 0 Å². The van der Waals surface area contributed by atoms with Crippen LogP contribution in [0.15, 0.2) is 36.4 Å². The molecule has 0 fully saturated rings. The average molecular weight is 303 g/mol. The Hall–Kier alpha value is -1.51. The van der Waals surface area contributed by atoms with Crippen LogP contribution >= 0.6 is 11.6 Å². The summed E-state index contributed by atoms with van der Waals surface area (Å²) in [7, 11) is 0. The quantitative estimate of drug-likeness (QED) is 0.891. The Kier molecular flexibility index (Phi) is 3.46. The lowest BCUT2D eigenvalue weighted by atomic mass is 9.85. The zero-order chi connectivity index (χ0) is 15.2. The van der Waals surface area contributed by atoms with Crippen LogP contribution in [0.1, 0.15) is 42.2 Å². The third-order valence-electron chi connectivity index (χ3n) is 4.16. The monoisotopic (exact) mass is 302 g/mol. The average Bonchev–Trinajstić information content (AvgIpc) is 2.74. The minimum atomic E-state index is -0.649. The topological polar surface area (TPSA) is 29.5 Å². The Balaban J connectivity index is 2.01. The van der Waals surface area contributed by atoms with Gasteiger partial charge in [-0.15, -0.1) is 0 Å². The Morgan fingerprint density at radius 3 is 2.67 bits per heavy atom. The molecule has 2 aromatic carbocycles. The van der Waals surface area contributed by atoms with Gasteiger partial charge in [-0.3, -0.25) is 0 Å². The molecule has 3 heteroatoms. The van der Waals surface area contributed by atoms with Crippen molar-refractivity contribution >= 4 is 11.6 Å². The standard InChI is InChI=1S/C18H19ClO2/c1-11-8-13(19)5-6-14(11)17(20)12-4-7-16-15(9-12)18(2,3)10-21-16/h4-9,17,20H,10H2,1-3H3. The first-order valence-corrected chi connectivity index (χ1v) is 7.47. The van der Waals surface area contributed by atoms with Gasteiger partial charge in [-0.25, -0.2) is 0 Å². The zero-order valence-electron chi connectivity index (χ0n) is 12.5. The zero-order valence-corrected chi connectivity index (χ0v) is 13.2. The number of halogens is 1. The number of hydrogen-bond acceptors (Lipinski definition) is 2. The Morgan fingerprint density at radius 1 is 1.19 bits per heavy atom. The second-order valence-corrected chi connectivity index (χ2v) is 6.77. The van der Waals surface area contributed by atoms with E-state index in [4.69, 9.17) is 16.3 Å². The molecular weight excluding hydrogens is 284 g/mol. The van der Waals surface area contributed by atoms with Gasteiger partial charge in [0.25, 0.3) is 0 Å². The summed E-state index contributed by atoms with van der Waals surface area (Å²) in [4.78, 5) is 0. The van der Waals surface area contributed by atoms with Gasteiger partial charge in [-0.05, 0) is 47.9 Å². The van der Waals surface area contributed by atoms with Gasteiger partial charge in [0.1, 0.15) is 11.9 Å². The van der Waals surface area contributed by atoms with E-state index in [9.17, 15) is 5.11 Å². The fraction of sp³-hybridized carbons (Fsp3) is 0.333. The Bertz CT molecular complexity index is 692. The molecular formula is C18H19ClO2. The predicted molar refractivity (Wildman–Crippen MR) is 85.2 cm³/mol. The molecule has 1 heterocycles. The van der Waals surface area contributed by atoms with Crippen LogP contribution < -0.4 is 4.74 Å². The summed E-state index contributed by atoms with van der Waals surface area (Å²) >= 11 is 5.98. The molecule has 0 aromatic heterocycles. The van der Waals surface area contributed by atoms with Crippen molar-refractivity contribution in [2.75, 3.05) is 6.61 Å². The molecule has 1 aliphatic heterocycles. The van der Waals surface area contributed by atoms with E-state index in [0.29, 0.717) is 11.6 Å². The van der Waals surface area contributed by atoms with Crippen LogP contribution in [-0.4, -0.2) is 11.7 Å². The molecule has 1 atom stereocenters. The molecule has 0 aliphatic carbocycles. The number of aliphatic hydroxyl groups excluding tert-OH is 1. The van der Waals surface area contributed by atoms with Crippen molar-refractivity contribution in [1.29, 1.82) is 0 Å². The normalized spacial score (nSPS) is 17.2. The minimum Gasteiger partial charge on any atom is -0.492 e. The van der Waals surface area contributed by atoms with Gasteiger partial charge in [0.05, 0.1) is 6.61 Å². The van der Waals surface area contributed by atoms with Crippen LogP contribution in [0.4, 0.5) is 0 Å². The maximum atomic E-state index is 10.7. The lowest BCUT2D eigenvalue weighted by molar-refractivity contribution is 0.219. The van der Waals surface area contributed by atoms with Gasteiger partial charge in [-0.2, -0.15) is 0 Å². The number of benzene rings is 2. The van der Waals surface area contributed by atoms with Gasteiger partial charge >= 0.3 is 0 Å². The molecule has 0 radical (unpaired) electrons. The summed E-state index contributed by atoms with van der Waals surface area (Å²) in [5.41, 5.74) is 3.91. The number of ether oxygens (including phenoxy) is 1. The van der Waals surface area contributed by atoms with Gasteiger partial charge in [-0.1, -0.05) is 37.6 Å². The minimum absolute atomic E-state index is 0.0138. The molecule has 1 N–H and O–H groups in total. The Labute approximate surface area is 130 Å². The summed E-state index contributed by atoms with van der Waals surface area (Å²) in [5.74, 6) is 0.920. The van der Waals surface area contributed by atoms with Crippen LogP contribution in [0.3, 0.4) is 0 Å². The van der Waals surface area contributed by atoms with E-state index in [-0.39, 0.29) is 5.41 Å². The van der Waals surface area contributed by atoms with E-state index >= 15 is 0 Å². The SMILES string of the molecule is Cc1cc(Cl)ccc1C(O)c1ccc2c(c1)C(C)(C)CO2.